The zero-order chi connectivity index (χ0) is 10.8. The summed E-state index contributed by atoms with van der Waals surface area (Å²) in [7, 11) is 1.91. The minimum Gasteiger partial charge on any atom is -0.387 e. The predicted molar refractivity (Wildman–Crippen MR) is 56.9 cm³/mol. The highest BCUT2D eigenvalue weighted by atomic mass is 16.3. The fraction of sp³-hybridized carbons (Fsp3) is 0.727. The fourth-order valence-corrected chi connectivity index (χ4v) is 1.41. The van der Waals surface area contributed by atoms with Gasteiger partial charge in [-0.05, 0) is 18.3 Å². The largest absolute Gasteiger partial charge is 0.387 e. The van der Waals surface area contributed by atoms with Gasteiger partial charge in [0.2, 0.25) is 0 Å². The third kappa shape index (κ3) is 3.14. The number of aliphatic hydroxyl groups excluding tert-OH is 1. The molecule has 1 heterocycles. The second-order valence-corrected chi connectivity index (χ2v) is 5.04. The van der Waals surface area contributed by atoms with Gasteiger partial charge in [-0.1, -0.05) is 20.8 Å². The lowest BCUT2D eigenvalue weighted by molar-refractivity contribution is 0.140. The van der Waals surface area contributed by atoms with Crippen molar-refractivity contribution in [1.29, 1.82) is 0 Å². The Hall–Kier alpha value is -0.830. The van der Waals surface area contributed by atoms with Crippen LogP contribution in [-0.4, -0.2) is 14.7 Å². The number of rotatable bonds is 3. The summed E-state index contributed by atoms with van der Waals surface area (Å²) in [5, 5.41) is 9.89. The summed E-state index contributed by atoms with van der Waals surface area (Å²) in [6.07, 6.45) is 4.87. The van der Waals surface area contributed by atoms with Crippen molar-refractivity contribution >= 4 is 0 Å². The molecule has 0 aliphatic rings. The Kier molecular flexibility index (Phi) is 3.32. The van der Waals surface area contributed by atoms with Crippen LogP contribution in [0.1, 0.15) is 45.4 Å². The number of aryl methyl sites for hydroxylation is 1. The summed E-state index contributed by atoms with van der Waals surface area (Å²) >= 11 is 0. The Morgan fingerprint density at radius 1 is 1.50 bits per heavy atom. The first kappa shape index (κ1) is 11.2. The molecule has 0 bridgehead atoms. The van der Waals surface area contributed by atoms with Gasteiger partial charge in [0.05, 0.1) is 24.3 Å². The third-order valence-corrected chi connectivity index (χ3v) is 2.36. The van der Waals surface area contributed by atoms with Gasteiger partial charge in [0.1, 0.15) is 0 Å². The summed E-state index contributed by atoms with van der Waals surface area (Å²) in [6, 6.07) is 0. The van der Waals surface area contributed by atoms with E-state index in [0.29, 0.717) is 0 Å². The molecule has 1 aromatic rings. The van der Waals surface area contributed by atoms with E-state index in [0.717, 1.165) is 18.5 Å². The Bertz CT molecular complexity index is 286. The zero-order valence-electron chi connectivity index (χ0n) is 9.49. The molecule has 0 aliphatic carbocycles. The van der Waals surface area contributed by atoms with E-state index in [1.54, 1.807) is 12.5 Å². The monoisotopic (exact) mass is 196 g/mol. The van der Waals surface area contributed by atoms with Gasteiger partial charge >= 0.3 is 0 Å². The van der Waals surface area contributed by atoms with Crippen LogP contribution in [-0.2, 0) is 7.05 Å². The predicted octanol–water partition coefficient (Wildman–Crippen LogP) is 2.28. The SMILES string of the molecule is Cn1cncc1C(O)CCC(C)(C)C. The molecular weight excluding hydrogens is 176 g/mol. The molecule has 3 nitrogen and oxygen atoms in total. The van der Waals surface area contributed by atoms with Crippen molar-refractivity contribution in [3.8, 4) is 0 Å². The maximum atomic E-state index is 9.89. The van der Waals surface area contributed by atoms with E-state index in [2.05, 4.69) is 25.8 Å². The average Bonchev–Trinajstić information content (AvgIpc) is 2.46. The second kappa shape index (κ2) is 4.13. The molecule has 0 aliphatic heterocycles. The van der Waals surface area contributed by atoms with Crippen LogP contribution in [0.4, 0.5) is 0 Å². The fourth-order valence-electron chi connectivity index (χ4n) is 1.41. The average molecular weight is 196 g/mol. The minimum absolute atomic E-state index is 0.277. The molecule has 14 heavy (non-hydrogen) atoms. The zero-order valence-corrected chi connectivity index (χ0v) is 9.49. The highest BCUT2D eigenvalue weighted by molar-refractivity contribution is 5.01. The molecule has 0 saturated heterocycles. The van der Waals surface area contributed by atoms with Crippen LogP contribution in [0.3, 0.4) is 0 Å². The molecule has 0 radical (unpaired) electrons. The van der Waals surface area contributed by atoms with Crippen LogP contribution in [0.25, 0.3) is 0 Å². The molecule has 80 valence electrons. The lowest BCUT2D eigenvalue weighted by Gasteiger charge is -2.20. The van der Waals surface area contributed by atoms with Crippen LogP contribution in [0, 0.1) is 5.41 Å². The van der Waals surface area contributed by atoms with Crippen molar-refractivity contribution in [2.24, 2.45) is 12.5 Å². The van der Waals surface area contributed by atoms with E-state index in [9.17, 15) is 5.11 Å². The molecule has 1 aromatic heterocycles. The van der Waals surface area contributed by atoms with Crippen molar-refractivity contribution in [3.05, 3.63) is 18.2 Å². The van der Waals surface area contributed by atoms with Gasteiger partial charge in [-0.3, -0.25) is 0 Å². The van der Waals surface area contributed by atoms with Crippen LogP contribution in [0.2, 0.25) is 0 Å². The van der Waals surface area contributed by atoms with Crippen LogP contribution < -0.4 is 0 Å². The van der Waals surface area contributed by atoms with Gasteiger partial charge in [-0.15, -0.1) is 0 Å². The van der Waals surface area contributed by atoms with E-state index in [-0.39, 0.29) is 11.5 Å². The normalized spacial score (nSPS) is 14.4. The Morgan fingerprint density at radius 2 is 2.14 bits per heavy atom. The van der Waals surface area contributed by atoms with Crippen molar-refractivity contribution in [1.82, 2.24) is 9.55 Å². The molecule has 3 heteroatoms. The van der Waals surface area contributed by atoms with Gasteiger partial charge in [-0.2, -0.15) is 0 Å². The Labute approximate surface area is 85.8 Å². The summed E-state index contributed by atoms with van der Waals surface area (Å²) in [5.41, 5.74) is 1.17. The first-order valence-corrected chi connectivity index (χ1v) is 5.04. The lowest BCUT2D eigenvalue weighted by atomic mass is 9.89. The smallest absolute Gasteiger partial charge is 0.0955 e. The summed E-state index contributed by atoms with van der Waals surface area (Å²) in [4.78, 5) is 3.99. The summed E-state index contributed by atoms with van der Waals surface area (Å²) in [6.45, 7) is 6.55. The van der Waals surface area contributed by atoms with Crippen LogP contribution in [0.5, 0.6) is 0 Å². The topological polar surface area (TPSA) is 38.0 Å². The van der Waals surface area contributed by atoms with Crippen molar-refractivity contribution in [2.75, 3.05) is 0 Å². The van der Waals surface area contributed by atoms with Gasteiger partial charge in [0.15, 0.2) is 0 Å². The van der Waals surface area contributed by atoms with E-state index in [1.807, 2.05) is 11.6 Å². The van der Waals surface area contributed by atoms with Crippen LogP contribution >= 0.6 is 0 Å². The maximum absolute atomic E-state index is 9.89. The molecule has 1 N–H and O–H groups in total. The van der Waals surface area contributed by atoms with Gasteiger partial charge in [-0.25, -0.2) is 4.98 Å². The number of imidazole rings is 1. The Balaban J connectivity index is 2.51. The molecule has 0 spiro atoms. The number of hydrogen-bond acceptors (Lipinski definition) is 2. The number of nitrogens with zero attached hydrogens (tertiary/aromatic N) is 2. The number of aromatic nitrogens is 2. The summed E-state index contributed by atoms with van der Waals surface area (Å²) < 4.78 is 1.87. The highest BCUT2D eigenvalue weighted by Gasteiger charge is 2.16. The van der Waals surface area contributed by atoms with Crippen molar-refractivity contribution in [3.63, 3.8) is 0 Å². The second-order valence-electron chi connectivity index (χ2n) is 5.04. The molecule has 1 atom stereocenters. The molecule has 1 unspecified atom stereocenters. The van der Waals surface area contributed by atoms with E-state index >= 15 is 0 Å². The molecule has 0 saturated carbocycles. The molecule has 0 aromatic carbocycles. The quantitative estimate of drug-likeness (QED) is 0.805. The lowest BCUT2D eigenvalue weighted by Crippen LogP contribution is -2.10. The molecule has 0 fully saturated rings. The highest BCUT2D eigenvalue weighted by Crippen LogP contribution is 2.26. The number of aliphatic hydroxyl groups is 1. The third-order valence-electron chi connectivity index (χ3n) is 2.36. The molecular formula is C11H20N2O. The minimum atomic E-state index is -0.387. The first-order valence-electron chi connectivity index (χ1n) is 5.04. The molecule has 0 amide bonds. The maximum Gasteiger partial charge on any atom is 0.0955 e. The van der Waals surface area contributed by atoms with E-state index < -0.39 is 0 Å². The van der Waals surface area contributed by atoms with Gasteiger partial charge in [0.25, 0.3) is 0 Å². The van der Waals surface area contributed by atoms with E-state index in [4.69, 9.17) is 0 Å². The van der Waals surface area contributed by atoms with Crippen LogP contribution in [0.15, 0.2) is 12.5 Å². The van der Waals surface area contributed by atoms with Crippen molar-refractivity contribution < 1.29 is 5.11 Å². The van der Waals surface area contributed by atoms with Crippen molar-refractivity contribution in [2.45, 2.75) is 39.7 Å². The standard InChI is InChI=1S/C11H20N2O/c1-11(2,3)6-5-10(14)9-7-12-8-13(9)4/h7-8,10,14H,5-6H2,1-4H3. The van der Waals surface area contributed by atoms with E-state index in [1.165, 1.54) is 0 Å². The Morgan fingerprint density at radius 3 is 2.57 bits per heavy atom. The van der Waals surface area contributed by atoms with Gasteiger partial charge < -0.3 is 9.67 Å². The number of hydrogen-bond donors (Lipinski definition) is 1. The summed E-state index contributed by atoms with van der Waals surface area (Å²) in [5.74, 6) is 0. The first-order chi connectivity index (χ1) is 6.40. The molecule has 1 rings (SSSR count). The van der Waals surface area contributed by atoms with Gasteiger partial charge in [0, 0.05) is 7.05 Å².